The third-order valence-electron chi connectivity index (χ3n) is 5.63. The highest BCUT2D eigenvalue weighted by atomic mass is 31.2. The Balaban J connectivity index is 0.00000124. The molecule has 0 radical (unpaired) electrons. The highest BCUT2D eigenvalue weighted by molar-refractivity contribution is 7.39. The van der Waals surface area contributed by atoms with Crippen LogP contribution in [0.1, 0.15) is 56.1 Å². The van der Waals surface area contributed by atoms with Crippen LogP contribution < -0.4 is 19.9 Å². The van der Waals surface area contributed by atoms with E-state index in [4.69, 9.17) is 19.7 Å². The Hall–Kier alpha value is -3.12. The number of alkyl halides is 2. The number of aromatic nitrogens is 3. The fourth-order valence-electron chi connectivity index (χ4n) is 3.25. The summed E-state index contributed by atoms with van der Waals surface area (Å²) in [4.78, 5) is 34.5. The number of aryl methyl sites for hydroxylation is 1. The Morgan fingerprint density at radius 3 is 2.29 bits per heavy atom. The number of imidazole rings is 1. The van der Waals surface area contributed by atoms with Gasteiger partial charge in [-0.15, -0.1) is 0 Å². The van der Waals surface area contributed by atoms with E-state index in [1.165, 1.54) is 49.2 Å². The Kier molecular flexibility index (Phi) is 9.42. The fraction of sp³-hybridized carbons (Fsp3) is 0.458. The van der Waals surface area contributed by atoms with E-state index in [0.717, 1.165) is 0 Å². The van der Waals surface area contributed by atoms with Gasteiger partial charge in [0.25, 0.3) is 5.91 Å². The lowest BCUT2D eigenvalue weighted by molar-refractivity contribution is -0.0502. The van der Waals surface area contributed by atoms with Crippen LogP contribution in [-0.2, 0) is 4.52 Å². The van der Waals surface area contributed by atoms with E-state index in [0.29, 0.717) is 28.3 Å². The first-order valence-corrected chi connectivity index (χ1v) is 12.9. The van der Waals surface area contributed by atoms with Crippen LogP contribution in [0.25, 0.3) is 16.9 Å². The highest BCUT2D eigenvalue weighted by Crippen LogP contribution is 2.38. The number of rotatable bonds is 10. The predicted octanol–water partition coefficient (Wildman–Crippen LogP) is 4.36. The summed E-state index contributed by atoms with van der Waals surface area (Å²) in [7, 11) is -1.32. The molecule has 2 heterocycles. The standard InChI is InChI=1S/C21H25F2N4O7P.C3H6/c1-10-14(32-11(2)21(3,4)34-35(29)30)8-17-25-9-13(27(17)26-10)12-6-15(31-5)18(19(24)28)16(7-12)33-20(22)23;1-2-3-1/h6-9,11,20,29-30H,1-5H3,(H2,24,28);1-3H2. The van der Waals surface area contributed by atoms with Crippen molar-refractivity contribution < 1.29 is 42.1 Å². The molecule has 1 unspecified atom stereocenters. The van der Waals surface area contributed by atoms with Gasteiger partial charge in [0.15, 0.2) is 5.65 Å². The molecule has 0 bridgehead atoms. The maximum Gasteiger partial charge on any atom is 0.387 e. The number of carbonyl (C=O) groups excluding carboxylic acids is 1. The second-order valence-corrected chi connectivity index (χ2v) is 9.76. The highest BCUT2D eigenvalue weighted by Gasteiger charge is 2.32. The van der Waals surface area contributed by atoms with Gasteiger partial charge in [0.1, 0.15) is 40.2 Å². The molecule has 0 saturated heterocycles. The molecule has 1 atom stereocenters. The molecule has 11 nitrogen and oxygen atoms in total. The number of nitrogens with zero attached hydrogens (tertiary/aromatic N) is 3. The van der Waals surface area contributed by atoms with Crippen LogP contribution in [0.4, 0.5) is 8.78 Å². The molecule has 1 saturated carbocycles. The predicted molar refractivity (Wildman–Crippen MR) is 135 cm³/mol. The molecule has 1 fully saturated rings. The first-order valence-electron chi connectivity index (χ1n) is 11.7. The van der Waals surface area contributed by atoms with E-state index in [1.807, 2.05) is 0 Å². The van der Waals surface area contributed by atoms with E-state index >= 15 is 0 Å². The molecule has 38 heavy (non-hydrogen) atoms. The second kappa shape index (κ2) is 12.2. The van der Waals surface area contributed by atoms with Crippen molar-refractivity contribution >= 4 is 20.2 Å². The van der Waals surface area contributed by atoms with Crippen molar-refractivity contribution in [3.05, 3.63) is 35.7 Å². The normalized spacial score (nSPS) is 13.8. The van der Waals surface area contributed by atoms with Gasteiger partial charge in [0.2, 0.25) is 0 Å². The Bertz CT molecular complexity index is 1280. The van der Waals surface area contributed by atoms with Crippen molar-refractivity contribution in [1.82, 2.24) is 14.6 Å². The number of nitrogens with two attached hydrogens (primary N) is 1. The van der Waals surface area contributed by atoms with Crippen molar-refractivity contribution in [2.45, 2.75) is 65.3 Å². The lowest BCUT2D eigenvalue weighted by Gasteiger charge is -2.32. The molecular formula is C24H31F2N4O7P. The van der Waals surface area contributed by atoms with E-state index in [9.17, 15) is 23.4 Å². The zero-order chi connectivity index (χ0) is 28.2. The van der Waals surface area contributed by atoms with Crippen molar-refractivity contribution in [2.75, 3.05) is 7.11 Å². The summed E-state index contributed by atoms with van der Waals surface area (Å²) in [5.74, 6) is -1.12. The van der Waals surface area contributed by atoms with E-state index in [1.54, 1.807) is 33.8 Å². The van der Waals surface area contributed by atoms with E-state index in [-0.39, 0.29) is 11.3 Å². The van der Waals surface area contributed by atoms with Crippen molar-refractivity contribution in [1.29, 1.82) is 0 Å². The van der Waals surface area contributed by atoms with Gasteiger partial charge in [-0.25, -0.2) is 9.50 Å². The topological polar surface area (TPSA) is 151 Å². The van der Waals surface area contributed by atoms with Gasteiger partial charge in [0, 0.05) is 11.6 Å². The number of halogens is 2. The van der Waals surface area contributed by atoms with Crippen molar-refractivity contribution in [3.63, 3.8) is 0 Å². The van der Waals surface area contributed by atoms with Crippen LogP contribution in [-0.4, -0.2) is 55.7 Å². The molecule has 0 spiro atoms. The molecule has 208 valence electrons. The maximum atomic E-state index is 13.0. The van der Waals surface area contributed by atoms with Crippen LogP contribution in [0.5, 0.6) is 17.2 Å². The van der Waals surface area contributed by atoms with Crippen LogP contribution in [0.3, 0.4) is 0 Å². The Morgan fingerprint density at radius 2 is 1.76 bits per heavy atom. The molecule has 1 aliphatic carbocycles. The van der Waals surface area contributed by atoms with Gasteiger partial charge in [0.05, 0.1) is 19.0 Å². The average Bonchev–Trinajstić information content (AvgIpc) is 3.64. The number of fused-ring (bicyclic) bond motifs is 1. The van der Waals surface area contributed by atoms with Crippen molar-refractivity contribution in [2.24, 2.45) is 5.73 Å². The smallest absolute Gasteiger partial charge is 0.387 e. The molecule has 14 heteroatoms. The fourth-order valence-corrected chi connectivity index (χ4v) is 3.82. The molecule has 2 aromatic heterocycles. The monoisotopic (exact) mass is 556 g/mol. The van der Waals surface area contributed by atoms with Crippen LogP contribution >= 0.6 is 8.60 Å². The largest absolute Gasteiger partial charge is 0.496 e. The van der Waals surface area contributed by atoms with Gasteiger partial charge < -0.3 is 34.3 Å². The summed E-state index contributed by atoms with van der Waals surface area (Å²) in [6.07, 6.45) is 5.36. The Morgan fingerprint density at radius 1 is 1.13 bits per heavy atom. The van der Waals surface area contributed by atoms with Crippen molar-refractivity contribution in [3.8, 4) is 28.5 Å². The number of amides is 1. The molecule has 1 aromatic carbocycles. The molecule has 0 aliphatic heterocycles. The minimum absolute atomic E-state index is 0.0546. The first kappa shape index (κ1) is 29.4. The van der Waals surface area contributed by atoms with Gasteiger partial charge >= 0.3 is 15.2 Å². The van der Waals surface area contributed by atoms with Gasteiger partial charge in [-0.1, -0.05) is 19.3 Å². The zero-order valence-electron chi connectivity index (χ0n) is 21.6. The average molecular weight is 557 g/mol. The number of primary amides is 1. The minimum atomic E-state index is -3.20. The van der Waals surface area contributed by atoms with Crippen LogP contribution in [0.15, 0.2) is 24.4 Å². The summed E-state index contributed by atoms with van der Waals surface area (Å²) in [5.41, 5.74) is 5.55. The van der Waals surface area contributed by atoms with E-state index in [2.05, 4.69) is 14.8 Å². The maximum absolute atomic E-state index is 13.0. The summed E-state index contributed by atoms with van der Waals surface area (Å²) >= 11 is 0. The van der Waals surface area contributed by atoms with E-state index < -0.39 is 38.6 Å². The summed E-state index contributed by atoms with van der Waals surface area (Å²) in [6.45, 7) is 3.49. The number of methoxy groups -OCH3 is 1. The third kappa shape index (κ3) is 7.25. The SMILES string of the molecule is C1CC1.COc1cc(-c2cnc3cc(OC(C)C(C)(C)OP(O)O)c(C)nn23)cc(OC(F)F)c1C(N)=O. The number of ether oxygens (including phenoxy) is 3. The lowest BCUT2D eigenvalue weighted by atomic mass is 10.0. The Labute approximate surface area is 219 Å². The number of hydrogen-bond donors (Lipinski definition) is 3. The lowest BCUT2D eigenvalue weighted by Crippen LogP contribution is -2.39. The molecule has 4 N–H and O–H groups in total. The molecular weight excluding hydrogens is 525 g/mol. The number of benzene rings is 1. The molecule has 1 aliphatic rings. The molecule has 4 rings (SSSR count). The summed E-state index contributed by atoms with van der Waals surface area (Å²) in [5, 5.41) is 4.48. The molecule has 1 amide bonds. The van der Waals surface area contributed by atoms with Gasteiger partial charge in [-0.05, 0) is 39.8 Å². The number of hydrogen-bond acceptors (Lipinski definition) is 9. The summed E-state index contributed by atoms with van der Waals surface area (Å²) in [6, 6.07) is 4.28. The van der Waals surface area contributed by atoms with Crippen LogP contribution in [0.2, 0.25) is 0 Å². The quantitative estimate of drug-likeness (QED) is 0.310. The van der Waals surface area contributed by atoms with Crippen LogP contribution in [0, 0.1) is 6.92 Å². The minimum Gasteiger partial charge on any atom is -0.496 e. The number of carbonyl (C=O) groups is 1. The third-order valence-corrected chi connectivity index (χ3v) is 6.26. The first-order chi connectivity index (χ1) is 17.8. The summed E-state index contributed by atoms with van der Waals surface area (Å²) < 4.78 is 48.2. The zero-order valence-corrected chi connectivity index (χ0v) is 22.5. The van der Waals surface area contributed by atoms with Gasteiger partial charge in [-0.2, -0.15) is 13.9 Å². The second-order valence-electron chi connectivity index (χ2n) is 9.07. The molecule has 3 aromatic rings. The van der Waals surface area contributed by atoms with Gasteiger partial charge in [-0.3, -0.25) is 4.79 Å².